The number of carbonyl (C=O) groups is 1. The third-order valence-electron chi connectivity index (χ3n) is 6.89. The Morgan fingerprint density at radius 1 is 1.08 bits per heavy atom. The second kappa shape index (κ2) is 12.3. The van der Waals surface area contributed by atoms with E-state index in [1.165, 1.54) is 12.1 Å². The summed E-state index contributed by atoms with van der Waals surface area (Å²) < 4.78 is 20.3. The van der Waals surface area contributed by atoms with E-state index in [0.29, 0.717) is 31.0 Å². The summed E-state index contributed by atoms with van der Waals surface area (Å²) in [5, 5.41) is 21.1. The summed E-state index contributed by atoms with van der Waals surface area (Å²) in [4.78, 5) is 19.6. The molecule has 1 fully saturated rings. The minimum Gasteiger partial charge on any atom is -0.474 e. The molecule has 0 spiro atoms. The molecule has 1 unspecified atom stereocenters. The average Bonchev–Trinajstić information content (AvgIpc) is 3.40. The van der Waals surface area contributed by atoms with Crippen LogP contribution in [0.5, 0.6) is 5.88 Å². The van der Waals surface area contributed by atoms with Gasteiger partial charge in [-0.1, -0.05) is 32.0 Å². The SMILES string of the molecule is CCC(CC)Oc1ccc([C@@H](c2ccc(C#N)cc2)N2CCC(NC(=O)c3ccc(C#N)cc3F)C2)cn1. The number of carbonyl (C=O) groups excluding carboxylic acids is 1. The van der Waals surface area contributed by atoms with Crippen LogP contribution in [0.25, 0.3) is 0 Å². The standard InChI is InChI=1S/C30H30FN5O2/c1-3-25(4-2)38-28-12-10-23(18-34-28)29(22-8-5-20(16-32)6-9-22)36-14-13-24(19-36)35-30(37)26-11-7-21(17-33)15-27(26)31/h5-12,15,18,24-25,29H,3-4,13-14,19H2,1-2H3,(H,35,37)/t24?,29-/m1/s1. The summed E-state index contributed by atoms with van der Waals surface area (Å²) in [6, 6.07) is 18.9. The number of hydrogen-bond acceptors (Lipinski definition) is 6. The zero-order valence-corrected chi connectivity index (χ0v) is 21.5. The van der Waals surface area contributed by atoms with Gasteiger partial charge in [-0.2, -0.15) is 10.5 Å². The molecule has 0 bridgehead atoms. The Balaban J connectivity index is 1.53. The molecule has 3 aromatic rings. The van der Waals surface area contributed by atoms with Gasteiger partial charge in [-0.15, -0.1) is 0 Å². The van der Waals surface area contributed by atoms with Gasteiger partial charge in [-0.3, -0.25) is 9.69 Å². The zero-order chi connectivity index (χ0) is 27.1. The van der Waals surface area contributed by atoms with E-state index in [2.05, 4.69) is 35.1 Å². The molecule has 194 valence electrons. The normalized spacial score (nSPS) is 16.0. The Hall–Kier alpha value is -4.27. The van der Waals surface area contributed by atoms with Crippen molar-refractivity contribution in [2.75, 3.05) is 13.1 Å². The second-order valence-electron chi connectivity index (χ2n) is 9.38. The van der Waals surface area contributed by atoms with E-state index in [9.17, 15) is 14.4 Å². The van der Waals surface area contributed by atoms with Gasteiger partial charge in [0.1, 0.15) is 5.82 Å². The lowest BCUT2D eigenvalue weighted by Gasteiger charge is -2.29. The Bertz CT molecular complexity index is 1340. The predicted octanol–water partition coefficient (Wildman–Crippen LogP) is 5.13. The molecule has 4 rings (SSSR count). The molecule has 2 atom stereocenters. The van der Waals surface area contributed by atoms with Gasteiger partial charge in [0.2, 0.25) is 5.88 Å². The van der Waals surface area contributed by atoms with Crippen molar-refractivity contribution in [1.82, 2.24) is 15.2 Å². The molecule has 8 heteroatoms. The molecule has 1 aromatic heterocycles. The van der Waals surface area contributed by atoms with Gasteiger partial charge in [-0.25, -0.2) is 9.37 Å². The first-order valence-electron chi connectivity index (χ1n) is 12.8. The molecule has 38 heavy (non-hydrogen) atoms. The van der Waals surface area contributed by atoms with E-state index in [1.807, 2.05) is 36.5 Å². The molecule has 1 aliphatic rings. The number of nitrogens with one attached hydrogen (secondary N) is 1. The molecule has 0 aliphatic carbocycles. The summed E-state index contributed by atoms with van der Waals surface area (Å²) in [5.74, 6) is -0.635. The van der Waals surface area contributed by atoms with Gasteiger partial charge in [0.05, 0.1) is 41.0 Å². The highest BCUT2D eigenvalue weighted by molar-refractivity contribution is 5.94. The van der Waals surface area contributed by atoms with Gasteiger partial charge in [-0.05, 0) is 60.7 Å². The maximum atomic E-state index is 14.4. The van der Waals surface area contributed by atoms with Crippen LogP contribution in [0.1, 0.15) is 71.8 Å². The molecule has 1 saturated heterocycles. The van der Waals surface area contributed by atoms with Gasteiger partial charge in [0, 0.05) is 31.4 Å². The number of hydrogen-bond donors (Lipinski definition) is 1. The van der Waals surface area contributed by atoms with Crippen LogP contribution in [-0.2, 0) is 0 Å². The zero-order valence-electron chi connectivity index (χ0n) is 21.5. The molecule has 1 amide bonds. The van der Waals surface area contributed by atoms with Crippen molar-refractivity contribution in [2.45, 2.75) is 51.3 Å². The van der Waals surface area contributed by atoms with Crippen molar-refractivity contribution in [3.63, 3.8) is 0 Å². The Morgan fingerprint density at radius 3 is 2.37 bits per heavy atom. The van der Waals surface area contributed by atoms with Crippen LogP contribution in [0.2, 0.25) is 0 Å². The number of aromatic nitrogens is 1. The molecule has 0 saturated carbocycles. The van der Waals surface area contributed by atoms with Crippen molar-refractivity contribution in [3.05, 3.63) is 94.4 Å². The number of rotatable bonds is 9. The van der Waals surface area contributed by atoms with Crippen molar-refractivity contribution in [2.24, 2.45) is 0 Å². The number of nitriles is 2. The molecular formula is C30H30FN5O2. The third-order valence-corrected chi connectivity index (χ3v) is 6.89. The van der Waals surface area contributed by atoms with Crippen LogP contribution in [0, 0.1) is 28.5 Å². The van der Waals surface area contributed by atoms with Crippen molar-refractivity contribution < 1.29 is 13.9 Å². The van der Waals surface area contributed by atoms with Crippen LogP contribution in [0.4, 0.5) is 4.39 Å². The molecule has 1 aliphatic heterocycles. The largest absolute Gasteiger partial charge is 0.474 e. The highest BCUT2D eigenvalue weighted by Crippen LogP contribution is 2.32. The quantitative estimate of drug-likeness (QED) is 0.428. The third kappa shape index (κ3) is 6.16. The van der Waals surface area contributed by atoms with Crippen molar-refractivity contribution in [3.8, 4) is 18.0 Å². The summed E-state index contributed by atoms with van der Waals surface area (Å²) in [6.07, 6.45) is 4.44. The molecule has 2 heterocycles. The fourth-order valence-electron chi connectivity index (χ4n) is 4.77. The number of nitrogens with zero attached hydrogens (tertiary/aromatic N) is 4. The Kier molecular flexibility index (Phi) is 8.68. The lowest BCUT2D eigenvalue weighted by Crippen LogP contribution is -2.38. The monoisotopic (exact) mass is 511 g/mol. The minimum atomic E-state index is -0.714. The number of pyridine rings is 1. The maximum Gasteiger partial charge on any atom is 0.254 e. The number of ether oxygens (including phenoxy) is 1. The van der Waals surface area contributed by atoms with Crippen molar-refractivity contribution in [1.29, 1.82) is 10.5 Å². The van der Waals surface area contributed by atoms with E-state index < -0.39 is 11.7 Å². The number of benzene rings is 2. The van der Waals surface area contributed by atoms with Crippen LogP contribution in [0.15, 0.2) is 60.8 Å². The second-order valence-corrected chi connectivity index (χ2v) is 9.38. The lowest BCUT2D eigenvalue weighted by atomic mass is 9.97. The summed E-state index contributed by atoms with van der Waals surface area (Å²) in [5.41, 5.74) is 2.64. The van der Waals surface area contributed by atoms with E-state index in [-0.39, 0.29) is 29.3 Å². The summed E-state index contributed by atoms with van der Waals surface area (Å²) in [7, 11) is 0. The summed E-state index contributed by atoms with van der Waals surface area (Å²) >= 11 is 0. The van der Waals surface area contributed by atoms with E-state index in [0.717, 1.165) is 30.0 Å². The van der Waals surface area contributed by atoms with E-state index in [4.69, 9.17) is 10.00 Å². The lowest BCUT2D eigenvalue weighted by molar-refractivity contribution is 0.0932. The molecule has 2 aromatic carbocycles. The highest BCUT2D eigenvalue weighted by atomic mass is 19.1. The fraction of sp³-hybridized carbons (Fsp3) is 0.333. The van der Waals surface area contributed by atoms with Crippen LogP contribution in [0.3, 0.4) is 0 Å². The van der Waals surface area contributed by atoms with E-state index >= 15 is 0 Å². The molecule has 7 nitrogen and oxygen atoms in total. The first-order chi connectivity index (χ1) is 18.4. The van der Waals surface area contributed by atoms with Gasteiger partial charge >= 0.3 is 0 Å². The number of likely N-dealkylation sites (tertiary alicyclic amines) is 1. The maximum absolute atomic E-state index is 14.4. The average molecular weight is 512 g/mol. The fourth-order valence-corrected chi connectivity index (χ4v) is 4.77. The van der Waals surface area contributed by atoms with Crippen LogP contribution < -0.4 is 10.1 Å². The van der Waals surface area contributed by atoms with Crippen LogP contribution in [-0.4, -0.2) is 41.0 Å². The topological polar surface area (TPSA) is 102 Å². The van der Waals surface area contributed by atoms with Crippen molar-refractivity contribution >= 4 is 5.91 Å². The van der Waals surface area contributed by atoms with E-state index in [1.54, 1.807) is 12.1 Å². The van der Waals surface area contributed by atoms with Crippen LogP contribution >= 0.6 is 0 Å². The summed E-state index contributed by atoms with van der Waals surface area (Å²) in [6.45, 7) is 5.43. The minimum absolute atomic E-state index is 0.0802. The Morgan fingerprint density at radius 2 is 1.76 bits per heavy atom. The smallest absolute Gasteiger partial charge is 0.254 e. The molecule has 1 N–H and O–H groups in total. The van der Waals surface area contributed by atoms with Gasteiger partial charge in [0.25, 0.3) is 5.91 Å². The first-order valence-corrected chi connectivity index (χ1v) is 12.8. The highest BCUT2D eigenvalue weighted by Gasteiger charge is 2.32. The predicted molar refractivity (Wildman–Crippen MR) is 141 cm³/mol. The van der Waals surface area contributed by atoms with Gasteiger partial charge in [0.15, 0.2) is 0 Å². The number of halogens is 1. The van der Waals surface area contributed by atoms with Gasteiger partial charge < -0.3 is 10.1 Å². The first kappa shape index (κ1) is 26.8. The molecule has 0 radical (unpaired) electrons. The Labute approximate surface area is 222 Å². The molecular weight excluding hydrogens is 481 g/mol. The number of amides is 1.